The summed E-state index contributed by atoms with van der Waals surface area (Å²) in [5.74, 6) is 0.941. The molecule has 0 unspecified atom stereocenters. The average molecular weight is 369 g/mol. The summed E-state index contributed by atoms with van der Waals surface area (Å²) in [5, 5.41) is 7.19. The van der Waals surface area contributed by atoms with Gasteiger partial charge in [0.05, 0.1) is 34.6 Å². The average Bonchev–Trinajstić information content (AvgIpc) is 3.04. The van der Waals surface area contributed by atoms with Crippen LogP contribution >= 0.6 is 11.3 Å². The summed E-state index contributed by atoms with van der Waals surface area (Å²) in [6.07, 6.45) is 0. The van der Waals surface area contributed by atoms with Crippen LogP contribution in [0.15, 0.2) is 36.4 Å². The first-order chi connectivity index (χ1) is 12.5. The fraction of sp³-hybridized carbons (Fsp3) is 0.300. The molecule has 0 aliphatic heterocycles. The van der Waals surface area contributed by atoms with E-state index in [1.165, 1.54) is 0 Å². The van der Waals surface area contributed by atoms with E-state index in [0.29, 0.717) is 17.4 Å². The minimum Gasteiger partial charge on any atom is -0.495 e. The summed E-state index contributed by atoms with van der Waals surface area (Å²) >= 11 is 1.69. The zero-order valence-corrected chi connectivity index (χ0v) is 16.2. The predicted octanol–water partition coefficient (Wildman–Crippen LogP) is 4.79. The summed E-state index contributed by atoms with van der Waals surface area (Å²) in [6.45, 7) is 6.43. The lowest BCUT2D eigenvalue weighted by atomic mass is 10.2. The Morgan fingerprint density at radius 1 is 1.23 bits per heavy atom. The number of nitrogens with one attached hydrogen (secondary N) is 2. The van der Waals surface area contributed by atoms with Crippen molar-refractivity contribution in [3.8, 4) is 5.75 Å². The molecular weight excluding hydrogens is 346 g/mol. The number of carbonyl (C=O) groups excluding carboxylic acids is 1. The maximum absolute atomic E-state index is 12.3. The Balaban J connectivity index is 1.66. The van der Waals surface area contributed by atoms with E-state index >= 15 is 0 Å². The normalized spacial score (nSPS) is 11.0. The van der Waals surface area contributed by atoms with Gasteiger partial charge in [-0.25, -0.2) is 4.98 Å². The predicted molar refractivity (Wildman–Crippen MR) is 109 cm³/mol. The second-order valence-corrected chi connectivity index (χ2v) is 7.56. The molecular formula is C20H23N3O2S. The van der Waals surface area contributed by atoms with Crippen LogP contribution in [0, 0.1) is 6.92 Å². The third-order valence-electron chi connectivity index (χ3n) is 3.98. The highest BCUT2D eigenvalue weighted by Gasteiger charge is 2.10. The van der Waals surface area contributed by atoms with Crippen LogP contribution in [-0.4, -0.2) is 24.5 Å². The molecule has 136 valence electrons. The van der Waals surface area contributed by atoms with Gasteiger partial charge in [-0.15, -0.1) is 11.3 Å². The van der Waals surface area contributed by atoms with Crippen molar-refractivity contribution in [1.29, 1.82) is 0 Å². The number of ether oxygens (including phenoxy) is 1. The maximum atomic E-state index is 12.3. The summed E-state index contributed by atoms with van der Waals surface area (Å²) in [5.41, 5.74) is 3.64. The Labute approximate surface area is 157 Å². The minimum atomic E-state index is -0.124. The van der Waals surface area contributed by atoms with Gasteiger partial charge in [0.1, 0.15) is 5.75 Å². The lowest BCUT2D eigenvalue weighted by Crippen LogP contribution is -2.22. The van der Waals surface area contributed by atoms with Crippen LogP contribution in [-0.2, 0) is 4.79 Å². The van der Waals surface area contributed by atoms with Crippen LogP contribution in [0.1, 0.15) is 30.3 Å². The van der Waals surface area contributed by atoms with E-state index in [1.54, 1.807) is 18.4 Å². The quantitative estimate of drug-likeness (QED) is 0.656. The number of rotatable bonds is 6. The molecule has 0 aliphatic rings. The molecule has 2 aromatic carbocycles. The van der Waals surface area contributed by atoms with Crippen molar-refractivity contribution in [2.75, 3.05) is 24.3 Å². The number of methoxy groups -OCH3 is 1. The Morgan fingerprint density at radius 3 is 2.77 bits per heavy atom. The molecule has 6 heteroatoms. The number of benzene rings is 2. The van der Waals surface area contributed by atoms with Crippen molar-refractivity contribution >= 4 is 38.8 Å². The molecule has 26 heavy (non-hydrogen) atoms. The molecule has 2 N–H and O–H groups in total. The van der Waals surface area contributed by atoms with Crippen molar-refractivity contribution < 1.29 is 9.53 Å². The third-order valence-corrected chi connectivity index (χ3v) is 5.30. The molecule has 1 heterocycles. The molecule has 1 aromatic heterocycles. The molecule has 0 bridgehead atoms. The van der Waals surface area contributed by atoms with Gasteiger partial charge in [-0.2, -0.15) is 0 Å². The van der Waals surface area contributed by atoms with E-state index in [2.05, 4.69) is 29.5 Å². The van der Waals surface area contributed by atoms with E-state index in [0.717, 1.165) is 26.5 Å². The van der Waals surface area contributed by atoms with Gasteiger partial charge in [-0.1, -0.05) is 19.9 Å². The minimum absolute atomic E-state index is 0.124. The number of thiazole rings is 1. The number of aromatic nitrogens is 1. The van der Waals surface area contributed by atoms with Crippen LogP contribution in [0.3, 0.4) is 0 Å². The summed E-state index contributed by atoms with van der Waals surface area (Å²) in [4.78, 5) is 16.9. The lowest BCUT2D eigenvalue weighted by Gasteiger charge is -2.12. The zero-order valence-electron chi connectivity index (χ0n) is 15.4. The van der Waals surface area contributed by atoms with Gasteiger partial charge < -0.3 is 15.4 Å². The molecule has 0 saturated carbocycles. The smallest absolute Gasteiger partial charge is 0.243 e. The Bertz CT molecular complexity index is 934. The van der Waals surface area contributed by atoms with Crippen molar-refractivity contribution in [3.05, 3.63) is 47.0 Å². The monoisotopic (exact) mass is 369 g/mol. The number of fused-ring (bicyclic) bond motifs is 1. The number of amides is 1. The van der Waals surface area contributed by atoms with E-state index in [4.69, 9.17) is 4.74 Å². The lowest BCUT2D eigenvalue weighted by molar-refractivity contribution is -0.114. The summed E-state index contributed by atoms with van der Waals surface area (Å²) < 4.78 is 6.42. The largest absolute Gasteiger partial charge is 0.495 e. The van der Waals surface area contributed by atoms with Crippen molar-refractivity contribution in [2.24, 2.45) is 0 Å². The molecule has 5 nitrogen and oxygen atoms in total. The molecule has 1 amide bonds. The van der Waals surface area contributed by atoms with E-state index < -0.39 is 0 Å². The molecule has 0 atom stereocenters. The van der Waals surface area contributed by atoms with Gasteiger partial charge in [-0.05, 0) is 42.8 Å². The fourth-order valence-corrected chi connectivity index (χ4v) is 3.60. The summed E-state index contributed by atoms with van der Waals surface area (Å²) in [7, 11) is 1.59. The highest BCUT2D eigenvalue weighted by atomic mass is 32.1. The van der Waals surface area contributed by atoms with Crippen LogP contribution in [0.5, 0.6) is 5.75 Å². The highest BCUT2D eigenvalue weighted by Crippen LogP contribution is 2.29. The standard InChI is InChI=1S/C20H23N3O2S/c1-12(2)20-23-15-7-6-14(10-18(15)26-20)21-11-19(24)22-16-9-13(3)5-8-17(16)25-4/h5-10,12,21H,11H2,1-4H3,(H,22,24). The number of nitrogens with zero attached hydrogens (tertiary/aromatic N) is 1. The number of hydrogen-bond donors (Lipinski definition) is 2. The number of aryl methyl sites for hydroxylation is 1. The molecule has 0 spiro atoms. The molecule has 0 fully saturated rings. The maximum Gasteiger partial charge on any atom is 0.243 e. The first kappa shape index (κ1) is 18.2. The highest BCUT2D eigenvalue weighted by molar-refractivity contribution is 7.18. The number of carbonyl (C=O) groups is 1. The van der Waals surface area contributed by atoms with Crippen LogP contribution < -0.4 is 15.4 Å². The molecule has 0 saturated heterocycles. The number of hydrogen-bond acceptors (Lipinski definition) is 5. The van der Waals surface area contributed by atoms with E-state index in [1.807, 2.05) is 43.3 Å². The van der Waals surface area contributed by atoms with Gasteiger partial charge in [0.2, 0.25) is 5.91 Å². The molecule has 3 aromatic rings. The fourth-order valence-electron chi connectivity index (χ4n) is 2.60. The van der Waals surface area contributed by atoms with Gasteiger partial charge >= 0.3 is 0 Å². The number of anilines is 2. The van der Waals surface area contributed by atoms with Gasteiger partial charge in [0, 0.05) is 11.6 Å². The second-order valence-electron chi connectivity index (χ2n) is 6.49. The second kappa shape index (κ2) is 7.74. The molecule has 3 rings (SSSR count). The summed E-state index contributed by atoms with van der Waals surface area (Å²) in [6, 6.07) is 11.7. The van der Waals surface area contributed by atoms with Crippen molar-refractivity contribution in [3.63, 3.8) is 0 Å². The van der Waals surface area contributed by atoms with Gasteiger partial charge in [0.25, 0.3) is 0 Å². The zero-order chi connectivity index (χ0) is 18.7. The van der Waals surface area contributed by atoms with Gasteiger partial charge in [0.15, 0.2) is 0 Å². The van der Waals surface area contributed by atoms with Gasteiger partial charge in [-0.3, -0.25) is 4.79 Å². The SMILES string of the molecule is COc1ccc(C)cc1NC(=O)CNc1ccc2nc(C(C)C)sc2c1. The first-order valence-electron chi connectivity index (χ1n) is 8.55. The molecule has 0 radical (unpaired) electrons. The Morgan fingerprint density at radius 2 is 2.04 bits per heavy atom. The van der Waals surface area contributed by atoms with E-state index in [9.17, 15) is 4.79 Å². The Hall–Kier alpha value is -2.60. The van der Waals surface area contributed by atoms with Crippen LogP contribution in [0.4, 0.5) is 11.4 Å². The van der Waals surface area contributed by atoms with Crippen molar-refractivity contribution in [1.82, 2.24) is 4.98 Å². The topological polar surface area (TPSA) is 63.2 Å². The first-order valence-corrected chi connectivity index (χ1v) is 9.37. The molecule has 0 aliphatic carbocycles. The van der Waals surface area contributed by atoms with Crippen LogP contribution in [0.25, 0.3) is 10.2 Å². The van der Waals surface area contributed by atoms with Crippen LogP contribution in [0.2, 0.25) is 0 Å². The Kier molecular flexibility index (Phi) is 5.42. The van der Waals surface area contributed by atoms with Crippen molar-refractivity contribution in [2.45, 2.75) is 26.7 Å². The van der Waals surface area contributed by atoms with E-state index in [-0.39, 0.29) is 12.5 Å². The third kappa shape index (κ3) is 4.14.